The maximum atomic E-state index is 3.36. The molecule has 1 heteroatoms. The molecule has 0 spiro atoms. The molecule has 3 rings (SSSR count). The van der Waals surface area contributed by atoms with Crippen molar-refractivity contribution in [2.45, 2.75) is 51.5 Å². The van der Waals surface area contributed by atoms with E-state index in [0.717, 1.165) is 11.8 Å². The summed E-state index contributed by atoms with van der Waals surface area (Å²) in [6.07, 6.45) is 12.1. The van der Waals surface area contributed by atoms with E-state index in [9.17, 15) is 0 Å². The number of rotatable bonds is 2. The van der Waals surface area contributed by atoms with Gasteiger partial charge < -0.3 is 5.32 Å². The predicted molar refractivity (Wildman–Crippen MR) is 86.5 cm³/mol. The molecule has 0 saturated heterocycles. The van der Waals surface area contributed by atoms with Crippen LogP contribution < -0.4 is 5.32 Å². The third-order valence-electron chi connectivity index (χ3n) is 4.80. The summed E-state index contributed by atoms with van der Waals surface area (Å²) in [7, 11) is 0. The van der Waals surface area contributed by atoms with Crippen LogP contribution in [0, 0.1) is 5.92 Å². The fraction of sp³-hybridized carbons (Fsp3) is 0.474. The molecule has 1 unspecified atom stereocenters. The molecule has 106 valence electrons. The van der Waals surface area contributed by atoms with Crippen molar-refractivity contribution in [3.05, 3.63) is 53.7 Å². The van der Waals surface area contributed by atoms with Crippen LogP contribution in [0.2, 0.25) is 0 Å². The van der Waals surface area contributed by atoms with Crippen LogP contribution in [0.4, 0.5) is 0 Å². The van der Waals surface area contributed by atoms with Crippen molar-refractivity contribution in [2.75, 3.05) is 0 Å². The first-order valence-corrected chi connectivity index (χ1v) is 7.97. The van der Waals surface area contributed by atoms with Crippen LogP contribution in [0.15, 0.2) is 42.6 Å². The second-order valence-electron chi connectivity index (χ2n) is 6.49. The molecule has 1 aromatic rings. The van der Waals surface area contributed by atoms with Gasteiger partial charge in [-0.15, -0.1) is 0 Å². The summed E-state index contributed by atoms with van der Waals surface area (Å²) in [6, 6.07) is 9.68. The average Bonchev–Trinajstić information content (AvgIpc) is 2.49. The maximum absolute atomic E-state index is 3.36. The average molecular weight is 267 g/mol. The molecule has 1 saturated carbocycles. The van der Waals surface area contributed by atoms with Crippen LogP contribution in [0.1, 0.15) is 56.6 Å². The van der Waals surface area contributed by atoms with Gasteiger partial charge in [0.2, 0.25) is 0 Å². The first-order chi connectivity index (χ1) is 9.72. The smallest absolute Gasteiger partial charge is 0.0414 e. The number of benzene rings is 1. The highest BCUT2D eigenvalue weighted by molar-refractivity contribution is 5.74. The number of hydrogen-bond donors (Lipinski definition) is 1. The largest absolute Gasteiger partial charge is 0.384 e. The van der Waals surface area contributed by atoms with Crippen LogP contribution >= 0.6 is 0 Å². The van der Waals surface area contributed by atoms with Crippen molar-refractivity contribution in [1.82, 2.24) is 5.32 Å². The first-order valence-electron chi connectivity index (χ1n) is 7.97. The molecular formula is C19H25N. The molecule has 1 aliphatic heterocycles. The highest BCUT2D eigenvalue weighted by atomic mass is 14.9. The summed E-state index contributed by atoms with van der Waals surface area (Å²) >= 11 is 0. The summed E-state index contributed by atoms with van der Waals surface area (Å²) in [5.74, 6) is 1.71. The van der Waals surface area contributed by atoms with Crippen LogP contribution in [-0.2, 0) is 0 Å². The van der Waals surface area contributed by atoms with E-state index in [-0.39, 0.29) is 0 Å². The Labute approximate surface area is 122 Å². The van der Waals surface area contributed by atoms with E-state index in [0.29, 0.717) is 6.04 Å². The normalized spacial score (nSPS) is 29.7. The molecule has 2 aliphatic rings. The molecule has 20 heavy (non-hydrogen) atoms. The molecule has 0 amide bonds. The summed E-state index contributed by atoms with van der Waals surface area (Å²) in [5, 5.41) is 3.36. The second kappa shape index (κ2) is 5.87. The SMILES string of the molecule is CC1CCC(c2ccc(C3=CNC(C)C=C3)cc2)CC1. The van der Waals surface area contributed by atoms with Gasteiger partial charge in [-0.05, 0) is 48.3 Å². The van der Waals surface area contributed by atoms with Crippen molar-refractivity contribution in [3.8, 4) is 0 Å². The van der Waals surface area contributed by atoms with E-state index in [2.05, 4.69) is 61.8 Å². The van der Waals surface area contributed by atoms with Crippen LogP contribution in [0.5, 0.6) is 0 Å². The van der Waals surface area contributed by atoms with Crippen molar-refractivity contribution in [3.63, 3.8) is 0 Å². The third-order valence-corrected chi connectivity index (χ3v) is 4.80. The van der Waals surface area contributed by atoms with E-state index in [1.807, 2.05) is 0 Å². The topological polar surface area (TPSA) is 12.0 Å². The minimum absolute atomic E-state index is 0.447. The Morgan fingerprint density at radius 1 is 0.950 bits per heavy atom. The van der Waals surface area contributed by atoms with Gasteiger partial charge in [0.15, 0.2) is 0 Å². The third kappa shape index (κ3) is 2.98. The van der Waals surface area contributed by atoms with E-state index in [4.69, 9.17) is 0 Å². The monoisotopic (exact) mass is 267 g/mol. The lowest BCUT2D eigenvalue weighted by Gasteiger charge is -2.26. The lowest BCUT2D eigenvalue weighted by atomic mass is 9.79. The standard InChI is InChI=1S/C19H25N/c1-14-3-6-16(7-4-14)17-9-11-18(12-10-17)19-8-5-15(2)20-13-19/h5,8-16,20H,3-4,6-7H2,1-2H3. The fourth-order valence-electron chi connectivity index (χ4n) is 3.29. The highest BCUT2D eigenvalue weighted by Crippen LogP contribution is 2.35. The molecule has 1 atom stereocenters. The molecule has 0 aromatic heterocycles. The van der Waals surface area contributed by atoms with Gasteiger partial charge in [0, 0.05) is 12.2 Å². The van der Waals surface area contributed by atoms with Gasteiger partial charge in [-0.2, -0.15) is 0 Å². The van der Waals surface area contributed by atoms with Crippen molar-refractivity contribution < 1.29 is 0 Å². The molecule has 0 bridgehead atoms. The fourth-order valence-corrected chi connectivity index (χ4v) is 3.29. The highest BCUT2D eigenvalue weighted by Gasteiger charge is 2.19. The summed E-state index contributed by atoms with van der Waals surface area (Å²) in [6.45, 7) is 4.55. The summed E-state index contributed by atoms with van der Waals surface area (Å²) in [4.78, 5) is 0. The zero-order valence-electron chi connectivity index (χ0n) is 12.6. The van der Waals surface area contributed by atoms with Crippen molar-refractivity contribution in [2.24, 2.45) is 5.92 Å². The minimum atomic E-state index is 0.447. The van der Waals surface area contributed by atoms with Gasteiger partial charge in [-0.25, -0.2) is 0 Å². The lowest BCUT2D eigenvalue weighted by Crippen LogP contribution is -2.20. The Balaban J connectivity index is 1.70. The zero-order valence-corrected chi connectivity index (χ0v) is 12.6. The number of nitrogens with one attached hydrogen (secondary N) is 1. The van der Waals surface area contributed by atoms with E-state index >= 15 is 0 Å². The molecule has 1 aliphatic carbocycles. The van der Waals surface area contributed by atoms with Gasteiger partial charge in [0.1, 0.15) is 0 Å². The van der Waals surface area contributed by atoms with E-state index < -0.39 is 0 Å². The van der Waals surface area contributed by atoms with E-state index in [1.165, 1.54) is 42.4 Å². The van der Waals surface area contributed by atoms with Crippen molar-refractivity contribution >= 4 is 5.57 Å². The quantitative estimate of drug-likeness (QED) is 0.806. The zero-order chi connectivity index (χ0) is 13.9. The lowest BCUT2D eigenvalue weighted by molar-refractivity contribution is 0.348. The number of hydrogen-bond acceptors (Lipinski definition) is 1. The minimum Gasteiger partial charge on any atom is -0.384 e. The molecule has 1 aromatic carbocycles. The Bertz CT molecular complexity index is 501. The van der Waals surface area contributed by atoms with Crippen LogP contribution in [0.3, 0.4) is 0 Å². The molecule has 0 radical (unpaired) electrons. The maximum Gasteiger partial charge on any atom is 0.0414 e. The Morgan fingerprint density at radius 2 is 1.65 bits per heavy atom. The van der Waals surface area contributed by atoms with Gasteiger partial charge in [0.25, 0.3) is 0 Å². The van der Waals surface area contributed by atoms with Crippen molar-refractivity contribution in [1.29, 1.82) is 0 Å². The number of dihydropyridines is 1. The van der Waals surface area contributed by atoms with E-state index in [1.54, 1.807) is 0 Å². The Kier molecular flexibility index (Phi) is 3.95. The van der Waals surface area contributed by atoms with Gasteiger partial charge in [-0.3, -0.25) is 0 Å². The number of allylic oxidation sites excluding steroid dienone is 2. The van der Waals surface area contributed by atoms with Gasteiger partial charge >= 0.3 is 0 Å². The first kappa shape index (κ1) is 13.5. The molecule has 1 N–H and O–H groups in total. The Morgan fingerprint density at radius 3 is 2.25 bits per heavy atom. The van der Waals surface area contributed by atoms with Gasteiger partial charge in [0.05, 0.1) is 0 Å². The summed E-state index contributed by atoms with van der Waals surface area (Å²) in [5.41, 5.74) is 4.13. The van der Waals surface area contributed by atoms with Crippen LogP contribution in [0.25, 0.3) is 5.57 Å². The van der Waals surface area contributed by atoms with Crippen LogP contribution in [-0.4, -0.2) is 6.04 Å². The Hall–Kier alpha value is -1.50. The molecule has 1 nitrogen and oxygen atoms in total. The molecule has 1 fully saturated rings. The van der Waals surface area contributed by atoms with Gasteiger partial charge in [-0.1, -0.05) is 56.2 Å². The molecular weight excluding hydrogens is 242 g/mol. The second-order valence-corrected chi connectivity index (χ2v) is 6.49. The predicted octanol–water partition coefficient (Wildman–Crippen LogP) is 4.87. The molecule has 1 heterocycles. The summed E-state index contributed by atoms with van der Waals surface area (Å²) < 4.78 is 0.